The van der Waals surface area contributed by atoms with E-state index in [0.29, 0.717) is 13.0 Å². The maximum Gasteiger partial charge on any atom is 0.126 e. The van der Waals surface area contributed by atoms with Crippen LogP contribution in [0.2, 0.25) is 0 Å². The molecule has 5 heteroatoms. The van der Waals surface area contributed by atoms with Gasteiger partial charge in [-0.2, -0.15) is 0 Å². The SMILES string of the molecule is OC1CNC2(CC2)C(C(O)c2cc(F)cc(F)c2)C1. The van der Waals surface area contributed by atoms with E-state index in [1.54, 1.807) is 0 Å². The van der Waals surface area contributed by atoms with Crippen LogP contribution in [0, 0.1) is 17.6 Å². The van der Waals surface area contributed by atoms with Gasteiger partial charge in [0.25, 0.3) is 0 Å². The van der Waals surface area contributed by atoms with E-state index in [-0.39, 0.29) is 17.0 Å². The van der Waals surface area contributed by atoms with Crippen LogP contribution in [0.25, 0.3) is 0 Å². The lowest BCUT2D eigenvalue weighted by atomic mass is 9.80. The molecule has 1 heterocycles. The summed E-state index contributed by atoms with van der Waals surface area (Å²) in [6, 6.07) is 3.10. The fourth-order valence-electron chi connectivity index (χ4n) is 3.15. The molecule has 3 atom stereocenters. The van der Waals surface area contributed by atoms with Gasteiger partial charge in [0.05, 0.1) is 12.2 Å². The molecule has 3 unspecified atom stereocenters. The number of halogens is 2. The van der Waals surface area contributed by atoms with Crippen molar-refractivity contribution in [2.75, 3.05) is 6.54 Å². The Morgan fingerprint density at radius 1 is 1.21 bits per heavy atom. The van der Waals surface area contributed by atoms with Crippen LogP contribution in [0.15, 0.2) is 18.2 Å². The maximum atomic E-state index is 13.2. The van der Waals surface area contributed by atoms with Crippen LogP contribution in [-0.2, 0) is 0 Å². The van der Waals surface area contributed by atoms with Crippen molar-refractivity contribution in [2.45, 2.75) is 37.0 Å². The quantitative estimate of drug-likeness (QED) is 0.762. The topological polar surface area (TPSA) is 52.5 Å². The Hall–Kier alpha value is -1.04. The maximum absolute atomic E-state index is 13.2. The highest BCUT2D eigenvalue weighted by molar-refractivity contribution is 5.24. The minimum absolute atomic E-state index is 0.165. The first kappa shape index (κ1) is 13.0. The molecule has 3 nitrogen and oxygen atoms in total. The summed E-state index contributed by atoms with van der Waals surface area (Å²) in [4.78, 5) is 0. The molecule has 3 N–H and O–H groups in total. The van der Waals surface area contributed by atoms with Gasteiger partial charge in [0.1, 0.15) is 11.6 Å². The van der Waals surface area contributed by atoms with Gasteiger partial charge in [-0.1, -0.05) is 0 Å². The molecule has 0 amide bonds. The Bertz CT molecular complexity index is 470. The molecule has 104 valence electrons. The highest BCUT2D eigenvalue weighted by Gasteiger charge is 2.54. The van der Waals surface area contributed by atoms with Crippen molar-refractivity contribution in [3.8, 4) is 0 Å². The van der Waals surface area contributed by atoms with Crippen LogP contribution in [0.5, 0.6) is 0 Å². The molecule has 0 bridgehead atoms. The molecular formula is C14H17F2NO2. The van der Waals surface area contributed by atoms with Crippen LogP contribution in [0.3, 0.4) is 0 Å². The van der Waals surface area contributed by atoms with E-state index >= 15 is 0 Å². The average Bonchev–Trinajstić information content (AvgIpc) is 3.11. The zero-order valence-electron chi connectivity index (χ0n) is 10.4. The van der Waals surface area contributed by atoms with Gasteiger partial charge >= 0.3 is 0 Å². The molecule has 19 heavy (non-hydrogen) atoms. The zero-order valence-corrected chi connectivity index (χ0v) is 10.4. The van der Waals surface area contributed by atoms with Crippen molar-refractivity contribution < 1.29 is 19.0 Å². The second-order valence-corrected chi connectivity index (χ2v) is 5.68. The van der Waals surface area contributed by atoms with E-state index in [9.17, 15) is 19.0 Å². The summed E-state index contributed by atoms with van der Waals surface area (Å²) in [7, 11) is 0. The third-order valence-corrected chi connectivity index (χ3v) is 4.32. The summed E-state index contributed by atoms with van der Waals surface area (Å²) in [6.45, 7) is 0.515. The number of nitrogens with one attached hydrogen (secondary N) is 1. The van der Waals surface area contributed by atoms with Crippen molar-refractivity contribution in [1.82, 2.24) is 5.32 Å². The van der Waals surface area contributed by atoms with Crippen LogP contribution < -0.4 is 5.32 Å². The zero-order chi connectivity index (χ0) is 13.6. The van der Waals surface area contributed by atoms with Gasteiger partial charge in [-0.25, -0.2) is 8.78 Å². The largest absolute Gasteiger partial charge is 0.392 e. The van der Waals surface area contributed by atoms with Gasteiger partial charge in [-0.3, -0.25) is 0 Å². The molecule has 3 rings (SSSR count). The van der Waals surface area contributed by atoms with Gasteiger partial charge in [-0.05, 0) is 37.0 Å². The highest BCUT2D eigenvalue weighted by atomic mass is 19.1. The Labute approximate surface area is 110 Å². The fourth-order valence-corrected chi connectivity index (χ4v) is 3.15. The van der Waals surface area contributed by atoms with Crippen LogP contribution >= 0.6 is 0 Å². The van der Waals surface area contributed by atoms with Crippen molar-refractivity contribution in [2.24, 2.45) is 5.92 Å². The van der Waals surface area contributed by atoms with Crippen LogP contribution in [0.1, 0.15) is 30.9 Å². The minimum Gasteiger partial charge on any atom is -0.392 e. The molecule has 0 aromatic heterocycles. The minimum atomic E-state index is -0.963. The molecule has 2 fully saturated rings. The number of aliphatic hydroxyl groups is 2. The molecule has 0 radical (unpaired) electrons. The van der Waals surface area contributed by atoms with Gasteiger partial charge in [0.15, 0.2) is 0 Å². The highest BCUT2D eigenvalue weighted by Crippen LogP contribution is 2.51. The van der Waals surface area contributed by atoms with Gasteiger partial charge in [0.2, 0.25) is 0 Å². The number of β-amino-alcohol motifs (C(OH)–C–C–N with tert-alkyl or cyclic N) is 1. The van der Waals surface area contributed by atoms with E-state index in [2.05, 4.69) is 5.32 Å². The molecule has 1 aliphatic carbocycles. The number of hydrogen-bond donors (Lipinski definition) is 3. The van der Waals surface area contributed by atoms with E-state index in [4.69, 9.17) is 0 Å². The monoisotopic (exact) mass is 269 g/mol. The predicted octanol–water partition coefficient (Wildman–Crippen LogP) is 1.50. The number of piperidine rings is 1. The third kappa shape index (κ3) is 2.38. The number of hydrogen-bond acceptors (Lipinski definition) is 3. The van der Waals surface area contributed by atoms with Crippen molar-refractivity contribution in [3.05, 3.63) is 35.4 Å². The van der Waals surface area contributed by atoms with Gasteiger partial charge in [-0.15, -0.1) is 0 Å². The summed E-state index contributed by atoms with van der Waals surface area (Å²) in [5.41, 5.74) is 0.0752. The predicted molar refractivity (Wildman–Crippen MR) is 65.4 cm³/mol. The van der Waals surface area contributed by atoms with Gasteiger partial charge < -0.3 is 15.5 Å². The Morgan fingerprint density at radius 2 is 1.84 bits per heavy atom. The summed E-state index contributed by atoms with van der Waals surface area (Å²) >= 11 is 0. The van der Waals surface area contributed by atoms with Crippen molar-refractivity contribution in [3.63, 3.8) is 0 Å². The van der Waals surface area contributed by atoms with Crippen molar-refractivity contribution >= 4 is 0 Å². The summed E-state index contributed by atoms with van der Waals surface area (Å²) in [5, 5.41) is 23.4. The first-order valence-corrected chi connectivity index (χ1v) is 6.57. The average molecular weight is 269 g/mol. The molecule has 1 aromatic rings. The standard InChI is InChI=1S/C14H17F2NO2/c15-9-3-8(4-10(16)5-9)13(19)12-6-11(18)7-17-14(12)1-2-14/h3-5,11-13,17-19H,1-2,6-7H2. The van der Waals surface area contributed by atoms with Crippen molar-refractivity contribution in [1.29, 1.82) is 0 Å². The van der Waals surface area contributed by atoms with E-state index in [1.807, 2.05) is 0 Å². The lowest BCUT2D eigenvalue weighted by Gasteiger charge is -2.38. The lowest BCUT2D eigenvalue weighted by Crippen LogP contribution is -2.51. The van der Waals surface area contributed by atoms with E-state index in [0.717, 1.165) is 31.0 Å². The Morgan fingerprint density at radius 3 is 2.42 bits per heavy atom. The number of aliphatic hydroxyl groups excluding tert-OH is 2. The Kier molecular flexibility index (Phi) is 3.08. The molecule has 2 aliphatic rings. The molecular weight excluding hydrogens is 252 g/mol. The van der Waals surface area contributed by atoms with Crippen LogP contribution in [-0.4, -0.2) is 28.4 Å². The summed E-state index contributed by atoms with van der Waals surface area (Å²) in [5.74, 6) is -1.59. The molecule has 1 spiro atoms. The third-order valence-electron chi connectivity index (χ3n) is 4.32. The van der Waals surface area contributed by atoms with E-state index in [1.165, 1.54) is 0 Å². The lowest BCUT2D eigenvalue weighted by molar-refractivity contribution is 0.00581. The first-order chi connectivity index (χ1) is 9.00. The molecule has 1 saturated heterocycles. The molecule has 1 aliphatic heterocycles. The number of benzene rings is 1. The molecule has 1 saturated carbocycles. The smallest absolute Gasteiger partial charge is 0.126 e. The first-order valence-electron chi connectivity index (χ1n) is 6.57. The second-order valence-electron chi connectivity index (χ2n) is 5.68. The van der Waals surface area contributed by atoms with Crippen LogP contribution in [0.4, 0.5) is 8.78 Å². The number of rotatable bonds is 2. The molecule has 1 aromatic carbocycles. The Balaban J connectivity index is 1.87. The normalized spacial score (nSPS) is 30.3. The van der Waals surface area contributed by atoms with E-state index < -0.39 is 23.8 Å². The fraction of sp³-hybridized carbons (Fsp3) is 0.571. The second kappa shape index (κ2) is 4.51. The van der Waals surface area contributed by atoms with Gasteiger partial charge in [0, 0.05) is 24.1 Å². The summed E-state index contributed by atoms with van der Waals surface area (Å²) < 4.78 is 26.4. The summed E-state index contributed by atoms with van der Waals surface area (Å²) in [6.07, 6.45) is 0.824.